The number of hydrogen-bond donors (Lipinski definition) is 1. The monoisotopic (exact) mass is 420 g/mol. The van der Waals surface area contributed by atoms with Gasteiger partial charge in [0.2, 0.25) is 5.91 Å². The number of rotatable bonds is 5. The Balaban J connectivity index is 1.58. The van der Waals surface area contributed by atoms with Crippen LogP contribution in [-0.4, -0.2) is 15.5 Å². The molecule has 3 aromatic heterocycles. The number of nitrogens with one attached hydrogen (secondary N) is 1. The summed E-state index contributed by atoms with van der Waals surface area (Å²) in [4.78, 5) is 32.7. The van der Waals surface area contributed by atoms with Gasteiger partial charge < -0.3 is 5.32 Å². The number of amides is 1. The van der Waals surface area contributed by atoms with E-state index < -0.39 is 0 Å². The van der Waals surface area contributed by atoms with Crippen LogP contribution in [0.25, 0.3) is 20.7 Å². The molecule has 0 aliphatic heterocycles. The average molecular weight is 421 g/mol. The summed E-state index contributed by atoms with van der Waals surface area (Å²) in [6, 6.07) is 13.2. The minimum atomic E-state index is -0.315. The van der Waals surface area contributed by atoms with Crippen molar-refractivity contribution in [1.29, 1.82) is 5.26 Å². The molecule has 3 heterocycles. The van der Waals surface area contributed by atoms with Crippen LogP contribution in [0.2, 0.25) is 0 Å². The highest BCUT2D eigenvalue weighted by Gasteiger charge is 2.15. The van der Waals surface area contributed by atoms with Crippen LogP contribution in [-0.2, 0) is 17.8 Å². The average Bonchev–Trinajstić information content (AvgIpc) is 3.32. The van der Waals surface area contributed by atoms with Gasteiger partial charge in [0.05, 0.1) is 24.2 Å². The highest BCUT2D eigenvalue weighted by atomic mass is 32.1. The van der Waals surface area contributed by atoms with Gasteiger partial charge >= 0.3 is 0 Å². The SMILES string of the molecule is Cc1ccc(-c2csc3ncn(CC(=O)Nc4ccc(CC#N)cc4)c(=O)c23)s1. The molecule has 4 aromatic rings. The fourth-order valence-electron chi connectivity index (χ4n) is 2.99. The topological polar surface area (TPSA) is 87.8 Å². The lowest BCUT2D eigenvalue weighted by Crippen LogP contribution is -2.27. The van der Waals surface area contributed by atoms with Crippen LogP contribution in [0, 0.1) is 18.3 Å². The van der Waals surface area contributed by atoms with Gasteiger partial charge in [-0.1, -0.05) is 12.1 Å². The van der Waals surface area contributed by atoms with Crippen LogP contribution >= 0.6 is 22.7 Å². The Morgan fingerprint density at radius 2 is 2.03 bits per heavy atom. The summed E-state index contributed by atoms with van der Waals surface area (Å²) in [7, 11) is 0. The summed E-state index contributed by atoms with van der Waals surface area (Å²) in [6.45, 7) is 1.90. The first-order valence-corrected chi connectivity index (χ1v) is 10.5. The van der Waals surface area contributed by atoms with E-state index in [2.05, 4.69) is 16.4 Å². The molecule has 0 unspecified atom stereocenters. The molecular formula is C21H16N4O2S2. The van der Waals surface area contributed by atoms with Gasteiger partial charge in [-0.2, -0.15) is 5.26 Å². The van der Waals surface area contributed by atoms with E-state index in [4.69, 9.17) is 5.26 Å². The molecule has 1 N–H and O–H groups in total. The van der Waals surface area contributed by atoms with E-state index in [-0.39, 0.29) is 18.0 Å². The number of carbonyl (C=O) groups excluding carboxylic acids is 1. The fraction of sp³-hybridized carbons (Fsp3) is 0.143. The maximum absolute atomic E-state index is 13.0. The molecule has 0 atom stereocenters. The molecule has 0 spiro atoms. The third kappa shape index (κ3) is 3.97. The van der Waals surface area contributed by atoms with Crippen LogP contribution in [0.4, 0.5) is 5.69 Å². The smallest absolute Gasteiger partial charge is 0.263 e. The molecule has 1 amide bonds. The number of nitrogens with zero attached hydrogens (tertiary/aromatic N) is 3. The summed E-state index contributed by atoms with van der Waals surface area (Å²) < 4.78 is 1.33. The van der Waals surface area contributed by atoms with Gasteiger partial charge in [0.1, 0.15) is 11.4 Å². The molecule has 29 heavy (non-hydrogen) atoms. The number of benzene rings is 1. The number of thiophene rings is 2. The highest BCUT2D eigenvalue weighted by molar-refractivity contribution is 7.19. The largest absolute Gasteiger partial charge is 0.325 e. The maximum atomic E-state index is 13.0. The second kappa shape index (κ2) is 7.99. The second-order valence-electron chi connectivity index (χ2n) is 6.50. The zero-order chi connectivity index (χ0) is 20.4. The Morgan fingerprint density at radius 3 is 2.72 bits per heavy atom. The molecule has 4 rings (SSSR count). The number of hydrogen-bond acceptors (Lipinski definition) is 6. The number of aryl methyl sites for hydroxylation is 1. The first-order valence-electron chi connectivity index (χ1n) is 8.84. The number of aromatic nitrogens is 2. The fourth-order valence-corrected chi connectivity index (χ4v) is 4.86. The number of fused-ring (bicyclic) bond motifs is 1. The van der Waals surface area contributed by atoms with Gasteiger partial charge in [0.15, 0.2) is 0 Å². The lowest BCUT2D eigenvalue weighted by molar-refractivity contribution is -0.116. The summed E-state index contributed by atoms with van der Waals surface area (Å²) in [5.41, 5.74) is 2.13. The Morgan fingerprint density at radius 1 is 1.24 bits per heavy atom. The zero-order valence-electron chi connectivity index (χ0n) is 15.5. The molecule has 0 saturated carbocycles. The molecular weight excluding hydrogens is 404 g/mol. The maximum Gasteiger partial charge on any atom is 0.263 e. The second-order valence-corrected chi connectivity index (χ2v) is 8.64. The van der Waals surface area contributed by atoms with Gasteiger partial charge in [0, 0.05) is 26.4 Å². The minimum Gasteiger partial charge on any atom is -0.325 e. The molecule has 0 radical (unpaired) electrons. The molecule has 0 aliphatic rings. The predicted octanol–water partition coefficient (Wildman–Crippen LogP) is 4.20. The van der Waals surface area contributed by atoms with Crippen molar-refractivity contribution in [2.24, 2.45) is 0 Å². The Labute approximate surface area is 174 Å². The van der Waals surface area contributed by atoms with Crippen molar-refractivity contribution in [2.45, 2.75) is 19.9 Å². The van der Waals surface area contributed by atoms with E-state index in [1.807, 2.05) is 24.4 Å². The van der Waals surface area contributed by atoms with Crippen molar-refractivity contribution in [3.63, 3.8) is 0 Å². The first-order chi connectivity index (χ1) is 14.0. The molecule has 8 heteroatoms. The van der Waals surface area contributed by atoms with Gasteiger partial charge in [-0.15, -0.1) is 22.7 Å². The minimum absolute atomic E-state index is 0.125. The van der Waals surface area contributed by atoms with E-state index in [1.54, 1.807) is 35.6 Å². The summed E-state index contributed by atoms with van der Waals surface area (Å²) in [5.74, 6) is -0.315. The van der Waals surface area contributed by atoms with Crippen molar-refractivity contribution in [3.05, 3.63) is 68.9 Å². The Kier molecular flexibility index (Phi) is 5.25. The summed E-state index contributed by atoms with van der Waals surface area (Å²) in [5, 5.41) is 14.0. The van der Waals surface area contributed by atoms with Crippen molar-refractivity contribution in [2.75, 3.05) is 5.32 Å². The van der Waals surface area contributed by atoms with Crippen LogP contribution in [0.5, 0.6) is 0 Å². The quantitative estimate of drug-likeness (QED) is 0.524. The van der Waals surface area contributed by atoms with Crippen LogP contribution in [0.3, 0.4) is 0 Å². The summed E-state index contributed by atoms with van der Waals surface area (Å²) in [6.07, 6.45) is 1.74. The molecule has 0 bridgehead atoms. The van der Waals surface area contributed by atoms with E-state index in [9.17, 15) is 9.59 Å². The van der Waals surface area contributed by atoms with Gasteiger partial charge in [0.25, 0.3) is 5.56 Å². The summed E-state index contributed by atoms with van der Waals surface area (Å²) >= 11 is 3.05. The van der Waals surface area contributed by atoms with Gasteiger partial charge in [-0.05, 0) is 36.8 Å². The van der Waals surface area contributed by atoms with Crippen LogP contribution in [0.1, 0.15) is 10.4 Å². The van der Waals surface area contributed by atoms with E-state index in [0.29, 0.717) is 22.3 Å². The van der Waals surface area contributed by atoms with Gasteiger partial charge in [-0.3, -0.25) is 14.2 Å². The van der Waals surface area contributed by atoms with Crippen molar-refractivity contribution >= 4 is 44.5 Å². The third-order valence-electron chi connectivity index (χ3n) is 4.40. The van der Waals surface area contributed by atoms with Crippen molar-refractivity contribution in [1.82, 2.24) is 9.55 Å². The highest BCUT2D eigenvalue weighted by Crippen LogP contribution is 2.34. The van der Waals surface area contributed by atoms with E-state index in [1.165, 1.54) is 27.1 Å². The standard InChI is InChI=1S/C21H16N4O2S2/c1-13-2-7-17(29-13)16-11-28-20-19(16)21(27)25(12-23-20)10-18(26)24-15-5-3-14(4-6-15)8-9-22/h2-7,11-12H,8,10H2,1H3,(H,24,26). The number of anilines is 1. The third-order valence-corrected chi connectivity index (χ3v) is 6.32. The lowest BCUT2D eigenvalue weighted by Gasteiger charge is -2.08. The molecule has 0 saturated heterocycles. The van der Waals surface area contributed by atoms with Crippen molar-refractivity contribution < 1.29 is 4.79 Å². The molecule has 6 nitrogen and oxygen atoms in total. The predicted molar refractivity (Wildman–Crippen MR) is 116 cm³/mol. The Bertz CT molecular complexity index is 1290. The van der Waals surface area contributed by atoms with Gasteiger partial charge in [-0.25, -0.2) is 4.98 Å². The van der Waals surface area contributed by atoms with E-state index >= 15 is 0 Å². The van der Waals surface area contributed by atoms with Crippen molar-refractivity contribution in [3.8, 4) is 16.5 Å². The first kappa shape index (κ1) is 19.1. The molecule has 0 fully saturated rings. The van der Waals surface area contributed by atoms with E-state index in [0.717, 1.165) is 16.0 Å². The van der Waals surface area contributed by atoms with Crippen LogP contribution in [0.15, 0.2) is 52.9 Å². The number of carbonyl (C=O) groups is 1. The zero-order valence-corrected chi connectivity index (χ0v) is 17.1. The lowest BCUT2D eigenvalue weighted by atomic mass is 10.1. The molecule has 1 aromatic carbocycles. The van der Waals surface area contributed by atoms with Crippen LogP contribution < -0.4 is 10.9 Å². The molecule has 0 aliphatic carbocycles. The Hall–Kier alpha value is -3.28. The normalized spacial score (nSPS) is 10.8. The number of nitriles is 1. The molecule has 144 valence electrons.